The van der Waals surface area contributed by atoms with E-state index in [0.29, 0.717) is 23.0 Å². The number of aryl methyl sites for hydroxylation is 1. The number of alkyl halides is 3. The van der Waals surface area contributed by atoms with Crippen molar-refractivity contribution in [3.63, 3.8) is 0 Å². The van der Waals surface area contributed by atoms with E-state index >= 15 is 0 Å². The van der Waals surface area contributed by atoms with Crippen LogP contribution in [0.2, 0.25) is 0 Å². The zero-order chi connectivity index (χ0) is 13.3. The van der Waals surface area contributed by atoms with Gasteiger partial charge in [0.15, 0.2) is 5.69 Å². The van der Waals surface area contributed by atoms with E-state index in [-0.39, 0.29) is 6.04 Å². The van der Waals surface area contributed by atoms with Crippen LogP contribution in [0.3, 0.4) is 0 Å². The van der Waals surface area contributed by atoms with Gasteiger partial charge in [0, 0.05) is 19.1 Å². The minimum absolute atomic E-state index is 0.0714. The lowest BCUT2D eigenvalue weighted by Crippen LogP contribution is -2.42. The molecule has 2 rings (SSSR count). The van der Waals surface area contributed by atoms with Crippen LogP contribution < -0.4 is 5.73 Å². The number of nitrogens with two attached hydrogens (primary N) is 1. The zero-order valence-corrected chi connectivity index (χ0v) is 10.9. The summed E-state index contributed by atoms with van der Waals surface area (Å²) in [6.45, 7) is 3.37. The Morgan fingerprint density at radius 2 is 2.22 bits per heavy atom. The molecule has 2 N–H and O–H groups in total. The van der Waals surface area contributed by atoms with E-state index in [2.05, 4.69) is 4.98 Å². The maximum absolute atomic E-state index is 12.8. The normalized spacial score (nSPS) is 22.4. The predicted molar refractivity (Wildman–Crippen MR) is 64.3 cm³/mol. The number of hydrogen-bond donors (Lipinski definition) is 1. The third-order valence-electron chi connectivity index (χ3n) is 2.98. The van der Waals surface area contributed by atoms with E-state index in [4.69, 9.17) is 5.73 Å². The molecule has 0 bridgehead atoms. The SMILES string of the molecule is Cc1nc(C(F)(F)F)c(CN2CCC[C@@H](N)C2)s1. The molecular formula is C11H16F3N3S. The Labute approximate surface area is 108 Å². The van der Waals surface area contributed by atoms with Crippen LogP contribution in [0.4, 0.5) is 13.2 Å². The molecule has 1 aromatic heterocycles. The summed E-state index contributed by atoms with van der Waals surface area (Å²) in [6.07, 6.45) is -2.47. The highest BCUT2D eigenvalue weighted by Crippen LogP contribution is 2.35. The Bertz CT molecular complexity index is 416. The van der Waals surface area contributed by atoms with Crippen molar-refractivity contribution in [3.8, 4) is 0 Å². The molecule has 1 fully saturated rings. The van der Waals surface area contributed by atoms with Gasteiger partial charge < -0.3 is 5.73 Å². The molecule has 102 valence electrons. The van der Waals surface area contributed by atoms with Crippen LogP contribution in [0.15, 0.2) is 0 Å². The largest absolute Gasteiger partial charge is 0.434 e. The molecular weight excluding hydrogens is 263 g/mol. The van der Waals surface area contributed by atoms with Gasteiger partial charge in [-0.1, -0.05) is 0 Å². The summed E-state index contributed by atoms with van der Waals surface area (Å²) in [6, 6.07) is 0.0714. The molecule has 3 nitrogen and oxygen atoms in total. The van der Waals surface area contributed by atoms with Gasteiger partial charge in [-0.15, -0.1) is 11.3 Å². The van der Waals surface area contributed by atoms with Crippen LogP contribution in [-0.4, -0.2) is 29.0 Å². The number of hydrogen-bond acceptors (Lipinski definition) is 4. The average molecular weight is 279 g/mol. The van der Waals surface area contributed by atoms with Gasteiger partial charge in [-0.05, 0) is 26.3 Å². The molecule has 1 saturated heterocycles. The molecule has 0 unspecified atom stereocenters. The molecule has 0 saturated carbocycles. The van der Waals surface area contributed by atoms with Crippen LogP contribution >= 0.6 is 11.3 Å². The van der Waals surface area contributed by atoms with Gasteiger partial charge in [0.2, 0.25) is 0 Å². The van der Waals surface area contributed by atoms with Gasteiger partial charge in [0.1, 0.15) is 0 Å². The van der Waals surface area contributed by atoms with Crippen LogP contribution in [-0.2, 0) is 12.7 Å². The highest BCUT2D eigenvalue weighted by molar-refractivity contribution is 7.11. The summed E-state index contributed by atoms with van der Waals surface area (Å²) in [7, 11) is 0. The molecule has 1 atom stereocenters. The molecule has 2 heterocycles. The maximum atomic E-state index is 12.8. The lowest BCUT2D eigenvalue weighted by molar-refractivity contribution is -0.141. The van der Waals surface area contributed by atoms with Crippen molar-refractivity contribution in [2.45, 2.75) is 38.5 Å². The number of halogens is 3. The summed E-state index contributed by atoms with van der Waals surface area (Å²) in [4.78, 5) is 5.88. The van der Waals surface area contributed by atoms with Crippen molar-refractivity contribution in [1.82, 2.24) is 9.88 Å². The molecule has 0 radical (unpaired) electrons. The summed E-state index contributed by atoms with van der Waals surface area (Å²) in [5, 5.41) is 0.457. The van der Waals surface area contributed by atoms with E-state index in [0.717, 1.165) is 30.7 Å². The van der Waals surface area contributed by atoms with Crippen molar-refractivity contribution in [1.29, 1.82) is 0 Å². The van der Waals surface area contributed by atoms with Crippen molar-refractivity contribution in [2.75, 3.05) is 13.1 Å². The molecule has 1 aliphatic heterocycles. The van der Waals surface area contributed by atoms with Crippen LogP contribution in [0.5, 0.6) is 0 Å². The minimum Gasteiger partial charge on any atom is -0.327 e. The molecule has 0 spiro atoms. The Morgan fingerprint density at radius 3 is 2.83 bits per heavy atom. The van der Waals surface area contributed by atoms with Gasteiger partial charge in [-0.2, -0.15) is 13.2 Å². The van der Waals surface area contributed by atoms with Gasteiger partial charge >= 0.3 is 6.18 Å². The first-order chi connectivity index (χ1) is 8.36. The van der Waals surface area contributed by atoms with E-state index in [1.807, 2.05) is 4.90 Å². The Kier molecular flexibility index (Phi) is 3.93. The van der Waals surface area contributed by atoms with E-state index in [1.54, 1.807) is 6.92 Å². The molecule has 0 amide bonds. The van der Waals surface area contributed by atoms with Crippen LogP contribution in [0.1, 0.15) is 28.4 Å². The van der Waals surface area contributed by atoms with Crippen LogP contribution in [0.25, 0.3) is 0 Å². The third-order valence-corrected chi connectivity index (χ3v) is 3.94. The van der Waals surface area contributed by atoms with E-state index in [9.17, 15) is 13.2 Å². The van der Waals surface area contributed by atoms with Crippen molar-refractivity contribution < 1.29 is 13.2 Å². The first-order valence-electron chi connectivity index (χ1n) is 5.87. The third kappa shape index (κ3) is 3.21. The second kappa shape index (κ2) is 5.14. The topological polar surface area (TPSA) is 42.2 Å². The van der Waals surface area contributed by atoms with Gasteiger partial charge in [-0.3, -0.25) is 4.90 Å². The summed E-state index contributed by atoms with van der Waals surface area (Å²) in [5.41, 5.74) is 5.10. The average Bonchev–Trinajstić information content (AvgIpc) is 2.59. The smallest absolute Gasteiger partial charge is 0.327 e. The Balaban J connectivity index is 2.13. The van der Waals surface area contributed by atoms with Gasteiger partial charge in [-0.25, -0.2) is 4.98 Å². The summed E-state index contributed by atoms with van der Waals surface area (Å²) < 4.78 is 38.4. The highest BCUT2D eigenvalue weighted by Gasteiger charge is 2.37. The number of rotatable bonds is 2. The Hall–Kier alpha value is -0.660. The van der Waals surface area contributed by atoms with E-state index < -0.39 is 11.9 Å². The second-order valence-corrected chi connectivity index (χ2v) is 5.93. The molecule has 18 heavy (non-hydrogen) atoms. The first kappa shape index (κ1) is 13.8. The molecule has 7 heteroatoms. The number of aromatic nitrogens is 1. The number of thiazole rings is 1. The first-order valence-corrected chi connectivity index (χ1v) is 6.69. The quantitative estimate of drug-likeness (QED) is 0.904. The summed E-state index contributed by atoms with van der Waals surface area (Å²) >= 11 is 1.12. The van der Waals surface area contributed by atoms with Crippen molar-refractivity contribution in [2.24, 2.45) is 5.73 Å². The predicted octanol–water partition coefficient (Wildman–Crippen LogP) is 2.39. The molecule has 1 aliphatic rings. The molecule has 1 aromatic rings. The molecule has 0 aliphatic carbocycles. The van der Waals surface area contributed by atoms with Gasteiger partial charge in [0.05, 0.1) is 9.88 Å². The van der Waals surface area contributed by atoms with Crippen molar-refractivity contribution >= 4 is 11.3 Å². The van der Waals surface area contributed by atoms with Crippen molar-refractivity contribution in [3.05, 3.63) is 15.6 Å². The number of piperidine rings is 1. The number of nitrogens with zero attached hydrogens (tertiary/aromatic N) is 2. The monoisotopic (exact) mass is 279 g/mol. The fourth-order valence-electron chi connectivity index (χ4n) is 2.24. The van der Waals surface area contributed by atoms with Gasteiger partial charge in [0.25, 0.3) is 0 Å². The lowest BCUT2D eigenvalue weighted by atomic mass is 10.1. The number of likely N-dealkylation sites (tertiary alicyclic amines) is 1. The fourth-order valence-corrected chi connectivity index (χ4v) is 3.23. The van der Waals surface area contributed by atoms with Crippen LogP contribution in [0, 0.1) is 6.92 Å². The molecule has 0 aromatic carbocycles. The fraction of sp³-hybridized carbons (Fsp3) is 0.727. The Morgan fingerprint density at radius 1 is 1.50 bits per heavy atom. The second-order valence-electron chi connectivity index (χ2n) is 4.64. The minimum atomic E-state index is -4.36. The maximum Gasteiger partial charge on any atom is 0.434 e. The summed E-state index contributed by atoms with van der Waals surface area (Å²) in [5.74, 6) is 0. The standard InChI is InChI=1S/C11H16F3N3S/c1-7-16-10(11(12,13)14)9(18-7)6-17-4-2-3-8(15)5-17/h8H,2-6,15H2,1H3/t8-/m1/s1. The highest BCUT2D eigenvalue weighted by atomic mass is 32.1. The lowest BCUT2D eigenvalue weighted by Gasteiger charge is -2.30. The van der Waals surface area contributed by atoms with E-state index in [1.165, 1.54) is 0 Å². The zero-order valence-electron chi connectivity index (χ0n) is 10.1.